The van der Waals surface area contributed by atoms with E-state index >= 15 is 0 Å². The Bertz CT molecular complexity index is 934. The van der Waals surface area contributed by atoms with Crippen LogP contribution in [0.2, 0.25) is 0 Å². The van der Waals surface area contributed by atoms with Crippen molar-refractivity contribution in [2.75, 3.05) is 11.1 Å². The largest absolute Gasteiger partial charge is 0.338 e. The second-order valence-corrected chi connectivity index (χ2v) is 8.22. The minimum atomic E-state index is -0.920. The van der Waals surface area contributed by atoms with Gasteiger partial charge in [-0.2, -0.15) is 0 Å². The Morgan fingerprint density at radius 2 is 1.83 bits per heavy atom. The Labute approximate surface area is 179 Å². The number of thioether (sulfide) groups is 1. The van der Waals surface area contributed by atoms with Crippen LogP contribution in [0.3, 0.4) is 0 Å². The second kappa shape index (κ2) is 9.75. The molecule has 3 unspecified atom stereocenters. The normalized spacial score (nSPS) is 20.9. The Hall–Kier alpha value is -2.88. The number of anilines is 1. The summed E-state index contributed by atoms with van der Waals surface area (Å²) in [5, 5.41) is 11.2. The van der Waals surface area contributed by atoms with E-state index in [0.717, 1.165) is 16.8 Å². The summed E-state index contributed by atoms with van der Waals surface area (Å²) in [5.74, 6) is -0.849. The lowest BCUT2D eigenvalue weighted by molar-refractivity contribution is -0.125. The molecule has 1 aliphatic rings. The zero-order chi connectivity index (χ0) is 21.7. The van der Waals surface area contributed by atoms with Gasteiger partial charge in [0.15, 0.2) is 0 Å². The number of benzene rings is 2. The maximum Gasteiger partial charge on any atom is 0.252 e. The molecule has 0 bridgehead atoms. The fraction of sp³-hybridized carbons (Fsp3) is 0.286. The first-order valence-corrected chi connectivity index (χ1v) is 10.5. The van der Waals surface area contributed by atoms with Crippen molar-refractivity contribution in [2.45, 2.75) is 31.6 Å². The highest BCUT2D eigenvalue weighted by Gasteiger charge is 2.35. The van der Waals surface area contributed by atoms with Gasteiger partial charge < -0.3 is 21.7 Å². The summed E-state index contributed by atoms with van der Waals surface area (Å²) in [6.07, 6.45) is -0.787. The van der Waals surface area contributed by atoms with Crippen molar-refractivity contribution in [1.29, 1.82) is 0 Å². The Morgan fingerprint density at radius 3 is 2.50 bits per heavy atom. The van der Waals surface area contributed by atoms with Gasteiger partial charge in [-0.15, -0.1) is 11.8 Å². The fourth-order valence-corrected chi connectivity index (χ4v) is 3.79. The zero-order valence-electron chi connectivity index (χ0n) is 16.8. The van der Waals surface area contributed by atoms with Crippen LogP contribution in [0.25, 0.3) is 0 Å². The lowest BCUT2D eigenvalue weighted by atomic mass is 10.1. The molecule has 3 amide bonds. The van der Waals surface area contributed by atoms with Crippen molar-refractivity contribution >= 4 is 35.2 Å². The van der Waals surface area contributed by atoms with Crippen LogP contribution < -0.4 is 27.0 Å². The van der Waals surface area contributed by atoms with Gasteiger partial charge in [0.25, 0.3) is 5.91 Å². The van der Waals surface area contributed by atoms with E-state index in [1.54, 1.807) is 12.1 Å². The number of hydrogen-bond acceptors (Lipinski definition) is 6. The Morgan fingerprint density at radius 1 is 1.10 bits per heavy atom. The van der Waals surface area contributed by atoms with E-state index in [4.69, 9.17) is 5.73 Å². The Kier molecular flexibility index (Phi) is 7.09. The van der Waals surface area contributed by atoms with Crippen LogP contribution >= 0.6 is 11.8 Å². The molecule has 158 valence electrons. The molecule has 8 nitrogen and oxygen atoms in total. The van der Waals surface area contributed by atoms with Crippen LogP contribution in [-0.2, 0) is 9.59 Å². The molecule has 2 aromatic carbocycles. The van der Waals surface area contributed by atoms with Crippen LogP contribution in [0.15, 0.2) is 48.5 Å². The van der Waals surface area contributed by atoms with Crippen molar-refractivity contribution in [3.8, 4) is 0 Å². The highest BCUT2D eigenvalue weighted by Crippen LogP contribution is 2.14. The number of amides is 3. The molecule has 2 aromatic rings. The van der Waals surface area contributed by atoms with Gasteiger partial charge in [-0.25, -0.2) is 0 Å². The molecule has 0 saturated carbocycles. The third-order valence-corrected chi connectivity index (χ3v) is 5.56. The molecule has 0 aromatic heterocycles. The molecular weight excluding hydrogens is 402 g/mol. The first-order chi connectivity index (χ1) is 14.3. The molecule has 9 heteroatoms. The fourth-order valence-electron chi connectivity index (χ4n) is 2.95. The van der Waals surface area contributed by atoms with Crippen molar-refractivity contribution in [2.24, 2.45) is 5.73 Å². The van der Waals surface area contributed by atoms with E-state index in [1.165, 1.54) is 11.8 Å². The van der Waals surface area contributed by atoms with E-state index in [1.807, 2.05) is 50.2 Å². The van der Waals surface area contributed by atoms with Crippen LogP contribution in [0.5, 0.6) is 0 Å². The van der Waals surface area contributed by atoms with E-state index in [0.29, 0.717) is 5.56 Å². The van der Waals surface area contributed by atoms with Gasteiger partial charge in [0.2, 0.25) is 11.8 Å². The lowest BCUT2D eigenvalue weighted by Gasteiger charge is -2.35. The molecule has 6 N–H and O–H groups in total. The smallest absolute Gasteiger partial charge is 0.252 e. The number of nitrogens with two attached hydrogens (primary N) is 1. The molecule has 3 rings (SSSR count). The molecule has 1 saturated heterocycles. The molecule has 0 aliphatic carbocycles. The van der Waals surface area contributed by atoms with E-state index in [-0.39, 0.29) is 17.6 Å². The lowest BCUT2D eigenvalue weighted by Crippen LogP contribution is -2.70. The number of nitrogens with one attached hydrogen (secondary N) is 4. The summed E-state index contributed by atoms with van der Waals surface area (Å²) >= 11 is 1.21. The monoisotopic (exact) mass is 427 g/mol. The van der Waals surface area contributed by atoms with Crippen LogP contribution in [0.1, 0.15) is 21.5 Å². The maximum atomic E-state index is 12.4. The van der Waals surface area contributed by atoms with Crippen molar-refractivity contribution < 1.29 is 14.4 Å². The molecule has 30 heavy (non-hydrogen) atoms. The van der Waals surface area contributed by atoms with E-state index in [2.05, 4.69) is 21.3 Å². The predicted octanol–water partition coefficient (Wildman–Crippen LogP) is 1.06. The van der Waals surface area contributed by atoms with Gasteiger partial charge in [-0.05, 0) is 43.7 Å². The number of carbonyl (C=O) groups is 3. The molecular formula is C21H25N5O3S. The summed E-state index contributed by atoms with van der Waals surface area (Å²) < 4.78 is 0. The summed E-state index contributed by atoms with van der Waals surface area (Å²) in [4.78, 5) is 37.0. The number of carbonyl (C=O) groups excluding carboxylic acids is 3. The first-order valence-electron chi connectivity index (χ1n) is 9.49. The first kappa shape index (κ1) is 21.8. The van der Waals surface area contributed by atoms with E-state index < -0.39 is 23.6 Å². The maximum absolute atomic E-state index is 12.4. The number of rotatable bonds is 6. The number of hydrogen-bond donors (Lipinski definition) is 5. The summed E-state index contributed by atoms with van der Waals surface area (Å²) in [6, 6.07) is 13.6. The van der Waals surface area contributed by atoms with Gasteiger partial charge >= 0.3 is 0 Å². The average molecular weight is 428 g/mol. The average Bonchev–Trinajstić information content (AvgIpc) is 2.69. The molecule has 1 heterocycles. The summed E-state index contributed by atoms with van der Waals surface area (Å²) in [7, 11) is 0. The molecule has 1 fully saturated rings. The topological polar surface area (TPSA) is 125 Å². The third kappa shape index (κ3) is 5.82. The van der Waals surface area contributed by atoms with Gasteiger partial charge in [0.1, 0.15) is 11.5 Å². The minimum Gasteiger partial charge on any atom is -0.338 e. The summed E-state index contributed by atoms with van der Waals surface area (Å²) in [5.41, 5.74) is 8.77. The van der Waals surface area contributed by atoms with Gasteiger partial charge in [-0.3, -0.25) is 19.7 Å². The standard InChI is InChI=1S/C21H25N5O3S/c1-12-6-8-14(9-7-12)19(28)24-17-18(22)25-21(26-20(17)29)30-11-16(27)23-15-5-3-4-13(2)10-15/h3-10,17-18,21,25H,11,22H2,1-2H3,(H,23,27)(H,24,28)(H,26,29). The molecule has 1 aliphatic heterocycles. The molecule has 3 atom stereocenters. The number of aryl methyl sites for hydroxylation is 2. The highest BCUT2D eigenvalue weighted by atomic mass is 32.2. The third-order valence-electron chi connectivity index (χ3n) is 4.54. The quantitative estimate of drug-likeness (QED) is 0.469. The van der Waals surface area contributed by atoms with Crippen molar-refractivity contribution in [1.82, 2.24) is 16.0 Å². The van der Waals surface area contributed by atoms with Crippen molar-refractivity contribution in [3.05, 3.63) is 65.2 Å². The van der Waals surface area contributed by atoms with Gasteiger partial charge in [0, 0.05) is 11.3 Å². The predicted molar refractivity (Wildman–Crippen MR) is 118 cm³/mol. The van der Waals surface area contributed by atoms with Crippen LogP contribution in [0, 0.1) is 13.8 Å². The van der Waals surface area contributed by atoms with Crippen molar-refractivity contribution in [3.63, 3.8) is 0 Å². The van der Waals surface area contributed by atoms with Gasteiger partial charge in [0.05, 0.1) is 11.9 Å². The zero-order valence-corrected chi connectivity index (χ0v) is 17.6. The molecule has 0 spiro atoms. The highest BCUT2D eigenvalue weighted by molar-refractivity contribution is 8.00. The molecule has 0 radical (unpaired) electrons. The minimum absolute atomic E-state index is 0.124. The van der Waals surface area contributed by atoms with Gasteiger partial charge in [-0.1, -0.05) is 29.8 Å². The second-order valence-electron chi connectivity index (χ2n) is 7.13. The van der Waals surface area contributed by atoms with Crippen LogP contribution in [0.4, 0.5) is 5.69 Å². The Balaban J connectivity index is 1.49. The summed E-state index contributed by atoms with van der Waals surface area (Å²) in [6.45, 7) is 3.87. The SMILES string of the molecule is Cc1ccc(C(=O)NC2C(=O)NC(SCC(=O)Nc3cccc(C)c3)NC2N)cc1. The van der Waals surface area contributed by atoms with Crippen LogP contribution in [-0.4, -0.2) is 41.2 Å². The van der Waals surface area contributed by atoms with E-state index in [9.17, 15) is 14.4 Å².